The molecular formula is C14H30N2O. The van der Waals surface area contributed by atoms with Gasteiger partial charge in [-0.3, -0.25) is 4.90 Å². The summed E-state index contributed by atoms with van der Waals surface area (Å²) in [6.07, 6.45) is 1.57. The molecular weight excluding hydrogens is 212 g/mol. The van der Waals surface area contributed by atoms with Crippen LogP contribution >= 0.6 is 0 Å². The Morgan fingerprint density at radius 2 is 2.12 bits per heavy atom. The van der Waals surface area contributed by atoms with E-state index >= 15 is 0 Å². The van der Waals surface area contributed by atoms with Crippen molar-refractivity contribution in [3.8, 4) is 0 Å². The molecule has 0 amide bonds. The summed E-state index contributed by atoms with van der Waals surface area (Å²) in [6, 6.07) is 0.633. The third-order valence-electron chi connectivity index (χ3n) is 3.83. The van der Waals surface area contributed by atoms with Crippen LogP contribution in [0.15, 0.2) is 0 Å². The SMILES string of the molecule is CCC(C)(C)CNCC1CN(C(C)C)CCO1. The van der Waals surface area contributed by atoms with Crippen LogP contribution in [0.2, 0.25) is 0 Å². The van der Waals surface area contributed by atoms with Crippen LogP contribution < -0.4 is 5.32 Å². The molecule has 1 aliphatic rings. The molecule has 0 radical (unpaired) electrons. The van der Waals surface area contributed by atoms with Crippen LogP contribution in [0.1, 0.15) is 41.0 Å². The van der Waals surface area contributed by atoms with E-state index in [4.69, 9.17) is 4.74 Å². The molecule has 1 heterocycles. The lowest BCUT2D eigenvalue weighted by molar-refractivity contribution is -0.0377. The zero-order valence-corrected chi connectivity index (χ0v) is 12.3. The first-order chi connectivity index (χ1) is 7.94. The van der Waals surface area contributed by atoms with Crippen LogP contribution in [-0.4, -0.2) is 49.8 Å². The average Bonchev–Trinajstić information content (AvgIpc) is 2.29. The summed E-state index contributed by atoms with van der Waals surface area (Å²) in [5.74, 6) is 0. The van der Waals surface area contributed by atoms with E-state index in [0.29, 0.717) is 17.6 Å². The second-order valence-electron chi connectivity index (χ2n) is 6.23. The molecule has 102 valence electrons. The first-order valence-electron chi connectivity index (χ1n) is 7.01. The lowest BCUT2D eigenvalue weighted by atomic mass is 9.90. The number of nitrogens with zero attached hydrogens (tertiary/aromatic N) is 1. The van der Waals surface area contributed by atoms with E-state index in [9.17, 15) is 0 Å². The Kier molecular flexibility index (Phi) is 5.90. The summed E-state index contributed by atoms with van der Waals surface area (Å²) >= 11 is 0. The minimum absolute atomic E-state index is 0.360. The van der Waals surface area contributed by atoms with Crippen LogP contribution in [0, 0.1) is 5.41 Å². The van der Waals surface area contributed by atoms with Gasteiger partial charge in [-0.15, -0.1) is 0 Å². The van der Waals surface area contributed by atoms with Gasteiger partial charge in [0.15, 0.2) is 0 Å². The fourth-order valence-corrected chi connectivity index (χ4v) is 2.03. The Labute approximate surface area is 107 Å². The van der Waals surface area contributed by atoms with Gasteiger partial charge >= 0.3 is 0 Å². The Morgan fingerprint density at radius 1 is 1.41 bits per heavy atom. The zero-order chi connectivity index (χ0) is 12.9. The maximum atomic E-state index is 5.80. The van der Waals surface area contributed by atoms with Crippen molar-refractivity contribution < 1.29 is 4.74 Å². The van der Waals surface area contributed by atoms with Gasteiger partial charge in [-0.25, -0.2) is 0 Å². The molecule has 0 aliphatic carbocycles. The summed E-state index contributed by atoms with van der Waals surface area (Å²) < 4.78 is 5.80. The van der Waals surface area contributed by atoms with Crippen molar-refractivity contribution in [1.82, 2.24) is 10.2 Å². The topological polar surface area (TPSA) is 24.5 Å². The molecule has 0 aromatic heterocycles. The maximum absolute atomic E-state index is 5.80. The Hall–Kier alpha value is -0.120. The minimum atomic E-state index is 0.360. The molecule has 1 fully saturated rings. The van der Waals surface area contributed by atoms with E-state index < -0.39 is 0 Å². The molecule has 17 heavy (non-hydrogen) atoms. The smallest absolute Gasteiger partial charge is 0.0826 e. The third kappa shape index (κ3) is 5.36. The molecule has 0 aromatic rings. The van der Waals surface area contributed by atoms with E-state index in [1.165, 1.54) is 6.42 Å². The first-order valence-corrected chi connectivity index (χ1v) is 7.01. The second-order valence-corrected chi connectivity index (χ2v) is 6.23. The second kappa shape index (κ2) is 6.72. The average molecular weight is 242 g/mol. The molecule has 1 aliphatic heterocycles. The Bertz CT molecular complexity index is 216. The Balaban J connectivity index is 2.23. The predicted octanol–water partition coefficient (Wildman–Crippen LogP) is 2.12. The van der Waals surface area contributed by atoms with Gasteiger partial charge in [0.1, 0.15) is 0 Å². The molecule has 0 saturated carbocycles. The highest BCUT2D eigenvalue weighted by Crippen LogP contribution is 2.17. The van der Waals surface area contributed by atoms with Gasteiger partial charge < -0.3 is 10.1 Å². The number of rotatable bonds is 6. The van der Waals surface area contributed by atoms with Crippen LogP contribution in [0.3, 0.4) is 0 Å². The largest absolute Gasteiger partial charge is 0.374 e. The molecule has 1 rings (SSSR count). The number of nitrogens with one attached hydrogen (secondary N) is 1. The van der Waals surface area contributed by atoms with Crippen molar-refractivity contribution in [2.75, 3.05) is 32.8 Å². The molecule has 3 nitrogen and oxygen atoms in total. The highest BCUT2D eigenvalue weighted by molar-refractivity contribution is 4.77. The van der Waals surface area contributed by atoms with Gasteiger partial charge in [0.25, 0.3) is 0 Å². The number of hydrogen-bond acceptors (Lipinski definition) is 3. The van der Waals surface area contributed by atoms with Gasteiger partial charge in [-0.1, -0.05) is 20.8 Å². The van der Waals surface area contributed by atoms with Crippen LogP contribution in [0.25, 0.3) is 0 Å². The number of ether oxygens (including phenoxy) is 1. The van der Waals surface area contributed by atoms with Crippen molar-refractivity contribution in [2.45, 2.75) is 53.2 Å². The predicted molar refractivity (Wildman–Crippen MR) is 73.4 cm³/mol. The highest BCUT2D eigenvalue weighted by Gasteiger charge is 2.22. The molecule has 0 aromatic carbocycles. The fourth-order valence-electron chi connectivity index (χ4n) is 2.03. The van der Waals surface area contributed by atoms with Crippen LogP contribution in [-0.2, 0) is 4.74 Å². The van der Waals surface area contributed by atoms with E-state index in [0.717, 1.165) is 32.8 Å². The molecule has 1 unspecified atom stereocenters. The van der Waals surface area contributed by atoms with Crippen molar-refractivity contribution in [2.24, 2.45) is 5.41 Å². The first kappa shape index (κ1) is 14.9. The molecule has 1 N–H and O–H groups in total. The normalized spacial score (nSPS) is 23.3. The summed E-state index contributed by atoms with van der Waals surface area (Å²) in [7, 11) is 0. The summed E-state index contributed by atoms with van der Waals surface area (Å²) in [5.41, 5.74) is 0.395. The quantitative estimate of drug-likeness (QED) is 0.772. The van der Waals surface area contributed by atoms with Crippen molar-refractivity contribution in [3.05, 3.63) is 0 Å². The van der Waals surface area contributed by atoms with Crippen molar-refractivity contribution >= 4 is 0 Å². The van der Waals surface area contributed by atoms with Crippen molar-refractivity contribution in [1.29, 1.82) is 0 Å². The Morgan fingerprint density at radius 3 is 2.71 bits per heavy atom. The summed E-state index contributed by atoms with van der Waals surface area (Å²) in [5, 5.41) is 3.55. The molecule has 0 bridgehead atoms. The molecule has 0 spiro atoms. The molecule has 1 saturated heterocycles. The monoisotopic (exact) mass is 242 g/mol. The highest BCUT2D eigenvalue weighted by atomic mass is 16.5. The van der Waals surface area contributed by atoms with Gasteiger partial charge in [0.2, 0.25) is 0 Å². The van der Waals surface area contributed by atoms with Crippen LogP contribution in [0.5, 0.6) is 0 Å². The summed E-state index contributed by atoms with van der Waals surface area (Å²) in [6.45, 7) is 16.5. The van der Waals surface area contributed by atoms with Crippen molar-refractivity contribution in [3.63, 3.8) is 0 Å². The van der Waals surface area contributed by atoms with Gasteiger partial charge in [0, 0.05) is 32.2 Å². The lowest BCUT2D eigenvalue weighted by Gasteiger charge is -2.36. The van der Waals surface area contributed by atoms with Gasteiger partial charge in [-0.2, -0.15) is 0 Å². The van der Waals surface area contributed by atoms with E-state index in [2.05, 4.69) is 44.8 Å². The fraction of sp³-hybridized carbons (Fsp3) is 1.00. The zero-order valence-electron chi connectivity index (χ0n) is 12.3. The minimum Gasteiger partial charge on any atom is -0.374 e. The standard InChI is InChI=1S/C14H30N2O/c1-6-14(4,5)11-15-9-13-10-16(12(2)3)7-8-17-13/h12-13,15H,6-11H2,1-5H3. The lowest BCUT2D eigenvalue weighted by Crippen LogP contribution is -2.49. The van der Waals surface area contributed by atoms with E-state index in [-0.39, 0.29) is 0 Å². The van der Waals surface area contributed by atoms with Crippen LogP contribution in [0.4, 0.5) is 0 Å². The van der Waals surface area contributed by atoms with Gasteiger partial charge in [-0.05, 0) is 25.7 Å². The maximum Gasteiger partial charge on any atom is 0.0826 e. The van der Waals surface area contributed by atoms with E-state index in [1.54, 1.807) is 0 Å². The number of morpholine rings is 1. The molecule has 3 heteroatoms. The van der Waals surface area contributed by atoms with E-state index in [1.807, 2.05) is 0 Å². The number of hydrogen-bond donors (Lipinski definition) is 1. The third-order valence-corrected chi connectivity index (χ3v) is 3.83. The molecule has 1 atom stereocenters. The van der Waals surface area contributed by atoms with Gasteiger partial charge in [0.05, 0.1) is 12.7 Å². The summed E-state index contributed by atoms with van der Waals surface area (Å²) in [4.78, 5) is 2.50.